The van der Waals surface area contributed by atoms with Crippen LogP contribution in [0.4, 0.5) is 0 Å². The van der Waals surface area contributed by atoms with Gasteiger partial charge in [0.15, 0.2) is 0 Å². The van der Waals surface area contributed by atoms with Gasteiger partial charge < -0.3 is 16.0 Å². The summed E-state index contributed by atoms with van der Waals surface area (Å²) < 4.78 is 0. The minimum Gasteiger partial charge on any atom is -0.350 e. The Bertz CT molecular complexity index is 1360. The molecule has 5 nitrogen and oxygen atoms in total. The minimum absolute atomic E-state index is 0.0765. The van der Waals surface area contributed by atoms with E-state index in [-0.39, 0.29) is 18.4 Å². The predicted molar refractivity (Wildman–Crippen MR) is 168 cm³/mol. The molecule has 0 heterocycles. The van der Waals surface area contributed by atoms with Crippen LogP contribution in [0.3, 0.4) is 0 Å². The lowest BCUT2D eigenvalue weighted by Gasteiger charge is -2.08. The van der Waals surface area contributed by atoms with Crippen molar-refractivity contribution in [1.29, 1.82) is 0 Å². The SMILES string of the molecule is CCCCNC1CC1c1ccccc1.O=C(CNC(=O)c1ccc(-c2ccccc2)cc1)NCc1ccc(Cl)cc1. The van der Waals surface area contributed by atoms with Crippen LogP contribution in [0.25, 0.3) is 11.1 Å². The summed E-state index contributed by atoms with van der Waals surface area (Å²) in [5.74, 6) is 0.253. The zero-order valence-corrected chi connectivity index (χ0v) is 24.2. The van der Waals surface area contributed by atoms with Gasteiger partial charge >= 0.3 is 0 Å². The molecular formula is C35H38ClN3O2. The first-order valence-corrected chi connectivity index (χ1v) is 14.6. The molecule has 0 aromatic heterocycles. The first-order valence-electron chi connectivity index (χ1n) is 14.3. The molecule has 0 radical (unpaired) electrons. The Balaban J connectivity index is 0.000000231. The van der Waals surface area contributed by atoms with E-state index in [1.165, 1.54) is 31.4 Å². The summed E-state index contributed by atoms with van der Waals surface area (Å²) in [5.41, 5.74) is 5.08. The summed E-state index contributed by atoms with van der Waals surface area (Å²) in [7, 11) is 0. The van der Waals surface area contributed by atoms with Crippen LogP contribution in [-0.2, 0) is 11.3 Å². The maximum absolute atomic E-state index is 12.2. The molecule has 212 valence electrons. The normalized spacial score (nSPS) is 15.3. The van der Waals surface area contributed by atoms with Gasteiger partial charge in [0, 0.05) is 29.1 Å². The molecule has 1 fully saturated rings. The molecule has 3 N–H and O–H groups in total. The van der Waals surface area contributed by atoms with Crippen LogP contribution < -0.4 is 16.0 Å². The zero-order valence-electron chi connectivity index (χ0n) is 23.5. The van der Waals surface area contributed by atoms with Crippen molar-refractivity contribution in [1.82, 2.24) is 16.0 Å². The molecule has 41 heavy (non-hydrogen) atoms. The van der Waals surface area contributed by atoms with Crippen LogP contribution in [0.15, 0.2) is 109 Å². The number of amides is 2. The van der Waals surface area contributed by atoms with Crippen molar-refractivity contribution in [2.75, 3.05) is 13.1 Å². The standard InChI is InChI=1S/C22H19ClN2O2.C13H19N/c23-20-12-6-16(7-13-20)14-24-21(26)15-25-22(27)19-10-8-18(9-11-19)17-4-2-1-3-5-17;1-2-3-9-14-13-10-12(13)11-7-5-4-6-8-11/h1-13H,14-15H2,(H,24,26)(H,25,27);4-8,12-14H,2-3,9-10H2,1H3. The van der Waals surface area contributed by atoms with Crippen LogP contribution in [0.2, 0.25) is 5.02 Å². The Morgan fingerprint density at radius 3 is 2.07 bits per heavy atom. The van der Waals surface area contributed by atoms with Crippen LogP contribution in [-0.4, -0.2) is 30.9 Å². The van der Waals surface area contributed by atoms with Crippen molar-refractivity contribution >= 4 is 23.4 Å². The van der Waals surface area contributed by atoms with E-state index in [1.54, 1.807) is 24.3 Å². The number of rotatable bonds is 11. The number of hydrogen-bond acceptors (Lipinski definition) is 3. The lowest BCUT2D eigenvalue weighted by atomic mass is 10.0. The van der Waals surface area contributed by atoms with Crippen molar-refractivity contribution in [3.8, 4) is 11.1 Å². The average molecular weight is 568 g/mol. The predicted octanol–water partition coefficient (Wildman–Crippen LogP) is 6.99. The molecule has 1 saturated carbocycles. The Labute approximate surface area is 248 Å². The van der Waals surface area contributed by atoms with Gasteiger partial charge in [-0.2, -0.15) is 0 Å². The van der Waals surface area contributed by atoms with Gasteiger partial charge in [-0.25, -0.2) is 0 Å². The number of carbonyl (C=O) groups excluding carboxylic acids is 2. The van der Waals surface area contributed by atoms with E-state index < -0.39 is 0 Å². The second-order valence-corrected chi connectivity index (χ2v) is 10.6. The van der Waals surface area contributed by atoms with E-state index in [9.17, 15) is 9.59 Å². The Morgan fingerprint density at radius 2 is 1.41 bits per heavy atom. The van der Waals surface area contributed by atoms with Gasteiger partial charge in [-0.15, -0.1) is 0 Å². The van der Waals surface area contributed by atoms with E-state index in [1.807, 2.05) is 54.6 Å². The van der Waals surface area contributed by atoms with Gasteiger partial charge in [-0.05, 0) is 65.9 Å². The average Bonchev–Trinajstić information content (AvgIpc) is 3.81. The molecule has 1 aliphatic carbocycles. The number of nitrogens with one attached hydrogen (secondary N) is 3. The molecule has 1 aliphatic rings. The minimum atomic E-state index is -0.281. The topological polar surface area (TPSA) is 70.2 Å². The van der Waals surface area contributed by atoms with Gasteiger partial charge in [-0.3, -0.25) is 9.59 Å². The number of benzene rings is 4. The molecule has 2 amide bonds. The third-order valence-corrected chi connectivity index (χ3v) is 7.27. The van der Waals surface area contributed by atoms with Gasteiger partial charge in [0.2, 0.25) is 5.91 Å². The maximum Gasteiger partial charge on any atom is 0.251 e. The number of carbonyl (C=O) groups is 2. The van der Waals surface area contributed by atoms with Gasteiger partial charge in [0.05, 0.1) is 6.54 Å². The van der Waals surface area contributed by atoms with E-state index in [0.717, 1.165) is 28.7 Å². The Hall–Kier alpha value is -3.93. The summed E-state index contributed by atoms with van der Waals surface area (Å²) in [5, 5.41) is 9.65. The van der Waals surface area contributed by atoms with Crippen molar-refractivity contribution in [3.05, 3.63) is 131 Å². The quantitative estimate of drug-likeness (QED) is 0.171. The summed E-state index contributed by atoms with van der Waals surface area (Å²) in [6.45, 7) is 3.73. The molecule has 0 saturated heterocycles. The Morgan fingerprint density at radius 1 is 0.780 bits per heavy atom. The van der Waals surface area contributed by atoms with Gasteiger partial charge in [-0.1, -0.05) is 110 Å². The molecular weight excluding hydrogens is 530 g/mol. The number of hydrogen-bond donors (Lipinski definition) is 3. The van der Waals surface area contributed by atoms with Crippen molar-refractivity contribution in [2.24, 2.45) is 0 Å². The van der Waals surface area contributed by atoms with Crippen LogP contribution in [0.1, 0.15) is 53.6 Å². The fraction of sp³-hybridized carbons (Fsp3) is 0.257. The number of halogens is 1. The molecule has 5 rings (SSSR count). The summed E-state index contributed by atoms with van der Waals surface area (Å²) in [6.07, 6.45) is 3.92. The highest BCUT2D eigenvalue weighted by atomic mass is 35.5. The molecule has 6 heteroatoms. The maximum atomic E-state index is 12.2. The first-order chi connectivity index (χ1) is 20.0. The zero-order chi connectivity index (χ0) is 28.9. The molecule has 0 bridgehead atoms. The number of unbranched alkanes of at least 4 members (excludes halogenated alkanes) is 1. The highest BCUT2D eigenvalue weighted by molar-refractivity contribution is 6.30. The molecule has 2 unspecified atom stereocenters. The van der Waals surface area contributed by atoms with E-state index in [2.05, 4.69) is 53.2 Å². The first kappa shape index (κ1) is 30.0. The molecule has 2 atom stereocenters. The highest BCUT2D eigenvalue weighted by Crippen LogP contribution is 2.40. The molecule has 0 spiro atoms. The van der Waals surface area contributed by atoms with Crippen molar-refractivity contribution in [2.45, 2.75) is 44.7 Å². The summed E-state index contributed by atoms with van der Waals surface area (Å²) in [6, 6.07) is 36.0. The summed E-state index contributed by atoms with van der Waals surface area (Å²) in [4.78, 5) is 24.1. The smallest absolute Gasteiger partial charge is 0.251 e. The lowest BCUT2D eigenvalue weighted by Crippen LogP contribution is -2.36. The van der Waals surface area contributed by atoms with E-state index in [0.29, 0.717) is 17.1 Å². The van der Waals surface area contributed by atoms with E-state index in [4.69, 9.17) is 11.6 Å². The Kier molecular flexibility index (Phi) is 11.5. The fourth-order valence-electron chi connectivity index (χ4n) is 4.53. The fourth-order valence-corrected chi connectivity index (χ4v) is 4.65. The van der Waals surface area contributed by atoms with Gasteiger partial charge in [0.1, 0.15) is 0 Å². The highest BCUT2D eigenvalue weighted by Gasteiger charge is 2.37. The van der Waals surface area contributed by atoms with Crippen LogP contribution in [0, 0.1) is 0 Å². The van der Waals surface area contributed by atoms with Crippen molar-refractivity contribution < 1.29 is 9.59 Å². The second kappa shape index (κ2) is 15.8. The largest absolute Gasteiger partial charge is 0.350 e. The van der Waals surface area contributed by atoms with Gasteiger partial charge in [0.25, 0.3) is 5.91 Å². The third-order valence-electron chi connectivity index (χ3n) is 7.02. The lowest BCUT2D eigenvalue weighted by molar-refractivity contribution is -0.120. The van der Waals surface area contributed by atoms with Crippen LogP contribution >= 0.6 is 11.6 Å². The molecule has 4 aromatic rings. The summed E-state index contributed by atoms with van der Waals surface area (Å²) >= 11 is 5.83. The monoisotopic (exact) mass is 567 g/mol. The van der Waals surface area contributed by atoms with E-state index >= 15 is 0 Å². The molecule has 0 aliphatic heterocycles. The second-order valence-electron chi connectivity index (χ2n) is 10.2. The molecule has 4 aromatic carbocycles. The third kappa shape index (κ3) is 9.89. The van der Waals surface area contributed by atoms with Crippen molar-refractivity contribution in [3.63, 3.8) is 0 Å². The van der Waals surface area contributed by atoms with Crippen LogP contribution in [0.5, 0.6) is 0 Å².